The summed E-state index contributed by atoms with van der Waals surface area (Å²) in [5.41, 5.74) is 5.00. The third-order valence-electron chi connectivity index (χ3n) is 7.24. The molecule has 0 fully saturated rings. The lowest BCUT2D eigenvalue weighted by molar-refractivity contribution is 0.0967. The Morgan fingerprint density at radius 1 is 1.11 bits per heavy atom. The number of hydrogen-bond donors (Lipinski definition) is 0. The Kier molecular flexibility index (Phi) is 6.88. The second-order valence-corrected chi connectivity index (χ2v) is 9.47. The van der Waals surface area contributed by atoms with Crippen molar-refractivity contribution in [1.29, 1.82) is 0 Å². The summed E-state index contributed by atoms with van der Waals surface area (Å²) >= 11 is 0. The Morgan fingerprint density at radius 2 is 1.92 bits per heavy atom. The number of para-hydroxylation sites is 1. The van der Waals surface area contributed by atoms with E-state index in [4.69, 9.17) is 16.3 Å². The van der Waals surface area contributed by atoms with Gasteiger partial charge in [0.25, 0.3) is 0 Å². The monoisotopic (exact) mass is 480 g/mol. The maximum Gasteiger partial charge on any atom is 0.187 e. The number of benzene rings is 2. The van der Waals surface area contributed by atoms with Crippen molar-refractivity contribution in [3.05, 3.63) is 95.8 Å². The van der Waals surface area contributed by atoms with Crippen LogP contribution in [0.3, 0.4) is 0 Å². The zero-order valence-electron chi connectivity index (χ0n) is 21.1. The quantitative estimate of drug-likeness (QED) is 0.292. The van der Waals surface area contributed by atoms with E-state index in [1.807, 2.05) is 55.0 Å². The number of nitrogens with zero attached hydrogens (tertiary/aromatic N) is 6. The highest BCUT2D eigenvalue weighted by atomic mass is 16.5. The number of aromatic nitrogens is 4. The molecule has 5 rings (SSSR count). The normalized spacial score (nSPS) is 16.3. The van der Waals surface area contributed by atoms with Crippen LogP contribution in [0.1, 0.15) is 43.4 Å². The molecule has 1 unspecified atom stereocenters. The second kappa shape index (κ2) is 10.4. The van der Waals surface area contributed by atoms with Crippen molar-refractivity contribution in [3.8, 4) is 17.0 Å². The molecule has 3 heterocycles. The Balaban J connectivity index is 1.42. The van der Waals surface area contributed by atoms with Crippen LogP contribution in [-0.2, 0) is 19.6 Å². The molecule has 1 aliphatic rings. The van der Waals surface area contributed by atoms with E-state index in [0.717, 1.165) is 61.0 Å². The molecule has 0 aliphatic carbocycles. The summed E-state index contributed by atoms with van der Waals surface area (Å²) in [6.45, 7) is 15.1. The Bertz CT molecular complexity index is 1360. The molecule has 2 aromatic carbocycles. The first-order valence-corrected chi connectivity index (χ1v) is 12.5. The summed E-state index contributed by atoms with van der Waals surface area (Å²) in [5, 5.41) is 0. The molecule has 1 aliphatic heterocycles. The smallest absolute Gasteiger partial charge is 0.187 e. The fraction of sp³-hybridized carbons (Fsp3) is 0.345. The van der Waals surface area contributed by atoms with Gasteiger partial charge in [-0.25, -0.2) is 14.8 Å². The molecule has 4 aromatic rings. The predicted octanol–water partition coefficient (Wildman–Crippen LogP) is 5.96. The van der Waals surface area contributed by atoms with E-state index >= 15 is 0 Å². The van der Waals surface area contributed by atoms with Crippen LogP contribution in [0.5, 0.6) is 5.75 Å². The molecule has 7 nitrogen and oxygen atoms in total. The van der Waals surface area contributed by atoms with Crippen LogP contribution in [0.15, 0.2) is 67.3 Å². The van der Waals surface area contributed by atoms with Crippen LogP contribution in [0.4, 0.5) is 5.69 Å². The Morgan fingerprint density at radius 3 is 2.67 bits per heavy atom. The van der Waals surface area contributed by atoms with Crippen molar-refractivity contribution in [2.24, 2.45) is 5.92 Å². The fourth-order valence-electron chi connectivity index (χ4n) is 5.09. The van der Waals surface area contributed by atoms with E-state index in [2.05, 4.69) is 50.0 Å². The molecule has 7 heteroatoms. The number of ether oxygens (including phenoxy) is 1. The first-order valence-electron chi connectivity index (χ1n) is 12.5. The van der Waals surface area contributed by atoms with Gasteiger partial charge in [-0.3, -0.25) is 4.90 Å². The van der Waals surface area contributed by atoms with Crippen molar-refractivity contribution in [2.45, 2.75) is 45.9 Å². The molecule has 0 spiro atoms. The van der Waals surface area contributed by atoms with Crippen LogP contribution in [0.2, 0.25) is 0 Å². The fourth-order valence-corrected chi connectivity index (χ4v) is 5.09. The molecule has 184 valence electrons. The third-order valence-corrected chi connectivity index (χ3v) is 7.24. The Labute approximate surface area is 212 Å². The maximum atomic E-state index is 7.17. The molecular weight excluding hydrogens is 448 g/mol. The summed E-state index contributed by atoms with van der Waals surface area (Å²) in [7, 11) is 1.71. The lowest BCUT2D eigenvalue weighted by Gasteiger charge is -2.39. The second-order valence-electron chi connectivity index (χ2n) is 9.47. The number of fused-ring (bicyclic) bond motifs is 1. The minimum atomic E-state index is 0.216. The topological polar surface area (TPSA) is 52.5 Å². The van der Waals surface area contributed by atoms with Crippen LogP contribution in [0, 0.1) is 12.5 Å². The van der Waals surface area contributed by atoms with Crippen LogP contribution < -0.4 is 4.74 Å². The van der Waals surface area contributed by atoms with Crippen molar-refractivity contribution < 1.29 is 4.74 Å². The van der Waals surface area contributed by atoms with Crippen molar-refractivity contribution in [3.63, 3.8) is 0 Å². The summed E-state index contributed by atoms with van der Waals surface area (Å²) in [5.74, 6) is 2.42. The SMILES string of the molecule is [C-]#[N+]c1ccc(Cn2cncc2CN2CCn3cc(-c4ccccc4OC)nc3[C@@H]2C(C)CC)cc1. The highest BCUT2D eigenvalue weighted by Crippen LogP contribution is 2.37. The summed E-state index contributed by atoms with van der Waals surface area (Å²) in [6, 6.07) is 16.1. The molecule has 2 aromatic heterocycles. The highest BCUT2D eigenvalue weighted by Gasteiger charge is 2.34. The van der Waals surface area contributed by atoms with Gasteiger partial charge in [-0.15, -0.1) is 0 Å². The molecule has 0 amide bonds. The summed E-state index contributed by atoms with van der Waals surface area (Å²) in [4.78, 5) is 15.7. The Hall–Kier alpha value is -3.89. The van der Waals surface area contributed by atoms with Gasteiger partial charge in [0.2, 0.25) is 0 Å². The van der Waals surface area contributed by atoms with Crippen LogP contribution in [-0.4, -0.2) is 37.7 Å². The minimum Gasteiger partial charge on any atom is -0.496 e. The number of rotatable bonds is 8. The van der Waals surface area contributed by atoms with Gasteiger partial charge in [0.1, 0.15) is 11.6 Å². The number of hydrogen-bond acceptors (Lipinski definition) is 4. The lowest BCUT2D eigenvalue weighted by Crippen LogP contribution is -2.41. The standard InChI is InChI=1S/C29H32N6O/c1-5-21(2)28-29-32-26(25-8-6-7-9-27(25)36-4)19-34(29)15-14-33(28)18-24-16-31-20-35(24)17-22-10-12-23(30-3)13-11-22/h6-13,16,19-21,28H,5,14-15,17-18H2,1-2,4H3/t21?,28-/m0/s1. The van der Waals surface area contributed by atoms with Crippen molar-refractivity contribution in [1.82, 2.24) is 24.0 Å². The third kappa shape index (κ3) is 4.65. The van der Waals surface area contributed by atoms with Crippen molar-refractivity contribution in [2.75, 3.05) is 13.7 Å². The van der Waals surface area contributed by atoms with Gasteiger partial charge in [0.15, 0.2) is 5.69 Å². The first-order chi connectivity index (χ1) is 17.6. The van der Waals surface area contributed by atoms with E-state index in [-0.39, 0.29) is 6.04 Å². The number of methoxy groups -OCH3 is 1. The van der Waals surface area contributed by atoms with Gasteiger partial charge in [-0.05, 0) is 23.6 Å². The molecule has 0 radical (unpaired) electrons. The van der Waals surface area contributed by atoms with Gasteiger partial charge in [-0.1, -0.05) is 56.7 Å². The van der Waals surface area contributed by atoms with E-state index in [0.29, 0.717) is 11.6 Å². The van der Waals surface area contributed by atoms with E-state index in [1.54, 1.807) is 7.11 Å². The van der Waals surface area contributed by atoms with Gasteiger partial charge < -0.3 is 13.9 Å². The maximum absolute atomic E-state index is 7.17. The minimum absolute atomic E-state index is 0.216. The highest BCUT2D eigenvalue weighted by molar-refractivity contribution is 5.67. The first kappa shape index (κ1) is 23.8. The molecule has 36 heavy (non-hydrogen) atoms. The van der Waals surface area contributed by atoms with E-state index in [1.165, 1.54) is 5.69 Å². The largest absolute Gasteiger partial charge is 0.496 e. The van der Waals surface area contributed by atoms with Crippen LogP contribution in [0.25, 0.3) is 16.1 Å². The number of imidazole rings is 2. The lowest BCUT2D eigenvalue weighted by atomic mass is 9.95. The predicted molar refractivity (Wildman–Crippen MR) is 141 cm³/mol. The molecule has 0 saturated carbocycles. The van der Waals surface area contributed by atoms with Crippen molar-refractivity contribution >= 4 is 5.69 Å². The molecule has 0 saturated heterocycles. The average molecular weight is 481 g/mol. The molecule has 0 N–H and O–H groups in total. The van der Waals surface area contributed by atoms with Crippen LogP contribution >= 0.6 is 0 Å². The van der Waals surface area contributed by atoms with E-state index < -0.39 is 0 Å². The molecule has 0 bridgehead atoms. The van der Waals surface area contributed by atoms with E-state index in [9.17, 15) is 0 Å². The van der Waals surface area contributed by atoms with Gasteiger partial charge in [-0.2, -0.15) is 0 Å². The zero-order valence-corrected chi connectivity index (χ0v) is 21.1. The molecular formula is C29H32N6O. The molecule has 2 atom stereocenters. The summed E-state index contributed by atoms with van der Waals surface area (Å²) < 4.78 is 10.1. The van der Waals surface area contributed by atoms with Gasteiger partial charge in [0.05, 0.1) is 37.4 Å². The van der Waals surface area contributed by atoms with Gasteiger partial charge >= 0.3 is 0 Å². The van der Waals surface area contributed by atoms with Gasteiger partial charge in [0, 0.05) is 44.1 Å². The summed E-state index contributed by atoms with van der Waals surface area (Å²) in [6.07, 6.45) is 7.13. The zero-order chi connectivity index (χ0) is 25.1. The average Bonchev–Trinajstić information content (AvgIpc) is 3.55.